The van der Waals surface area contributed by atoms with Crippen LogP contribution in [0.2, 0.25) is 5.02 Å². The Labute approximate surface area is 166 Å². The van der Waals surface area contributed by atoms with Gasteiger partial charge in [-0.15, -0.1) is 0 Å². The highest BCUT2D eigenvalue weighted by atomic mass is 35.5. The topological polar surface area (TPSA) is 82.7 Å². The lowest BCUT2D eigenvalue weighted by Crippen LogP contribution is -2.50. The minimum absolute atomic E-state index is 0.105. The summed E-state index contributed by atoms with van der Waals surface area (Å²) < 4.78 is 5.35. The lowest BCUT2D eigenvalue weighted by atomic mass is 10.2. The highest BCUT2D eigenvalue weighted by Crippen LogP contribution is 2.31. The van der Waals surface area contributed by atoms with Crippen molar-refractivity contribution in [2.45, 2.75) is 6.92 Å². The van der Waals surface area contributed by atoms with Crippen LogP contribution in [0.25, 0.3) is 0 Å². The molecule has 0 unspecified atom stereocenters. The summed E-state index contributed by atoms with van der Waals surface area (Å²) in [5.74, 6) is -0.156. The fourth-order valence-electron chi connectivity index (χ4n) is 2.47. The van der Waals surface area contributed by atoms with E-state index in [1.165, 1.54) is 4.90 Å². The summed E-state index contributed by atoms with van der Waals surface area (Å²) in [5, 5.41) is 3.71. The molecule has 1 heterocycles. The molecule has 140 valence electrons. The van der Waals surface area contributed by atoms with Gasteiger partial charge in [0.05, 0.1) is 5.69 Å². The van der Waals surface area contributed by atoms with Crippen molar-refractivity contribution in [3.63, 3.8) is 0 Å². The molecule has 0 saturated carbocycles. The number of anilines is 2. The van der Waals surface area contributed by atoms with E-state index in [0.717, 1.165) is 5.56 Å². The number of benzene rings is 2. The van der Waals surface area contributed by atoms with Crippen LogP contribution in [-0.4, -0.2) is 30.1 Å². The van der Waals surface area contributed by atoms with Gasteiger partial charge < -0.3 is 10.1 Å². The third-order valence-corrected chi connectivity index (χ3v) is 4.47. The summed E-state index contributed by atoms with van der Waals surface area (Å²) in [6.07, 6.45) is 0. The van der Waals surface area contributed by atoms with Gasteiger partial charge in [0.25, 0.3) is 11.8 Å². The van der Waals surface area contributed by atoms with Crippen LogP contribution < -0.4 is 25.8 Å². The molecule has 0 bridgehead atoms. The van der Waals surface area contributed by atoms with Gasteiger partial charge in [-0.25, -0.2) is 0 Å². The highest BCUT2D eigenvalue weighted by Gasteiger charge is 2.26. The Morgan fingerprint density at radius 3 is 2.81 bits per heavy atom. The lowest BCUT2D eigenvalue weighted by Gasteiger charge is -2.28. The second kappa shape index (κ2) is 8.24. The summed E-state index contributed by atoms with van der Waals surface area (Å²) >= 11 is 11.2. The number of nitrogens with one attached hydrogen (secondary N) is 3. The molecule has 2 aromatic carbocycles. The molecule has 0 atom stereocenters. The molecule has 2 aromatic rings. The summed E-state index contributed by atoms with van der Waals surface area (Å²) in [5.41, 5.74) is 7.26. The Morgan fingerprint density at radius 2 is 2.04 bits per heavy atom. The maximum Gasteiger partial charge on any atom is 0.265 e. The average Bonchev–Trinajstić information content (AvgIpc) is 2.65. The standard InChI is InChI=1S/C18H17ClN4O3S/c1-11-6-7-12(8-13(11)19)20-18(27)22-21-16(24)9-23-14-4-2-3-5-15(14)26-10-17(23)25/h2-8H,9-10H2,1H3,(H,21,24)(H2,20,22,27). The Balaban J connectivity index is 1.54. The first-order chi connectivity index (χ1) is 12.9. The molecular formula is C18H17ClN4O3S. The number of hydrazine groups is 1. The number of hydrogen-bond donors (Lipinski definition) is 3. The maximum absolute atomic E-state index is 12.2. The van der Waals surface area contributed by atoms with Crippen molar-refractivity contribution in [1.29, 1.82) is 0 Å². The summed E-state index contributed by atoms with van der Waals surface area (Å²) in [6.45, 7) is 1.63. The van der Waals surface area contributed by atoms with E-state index in [-0.39, 0.29) is 24.2 Å². The smallest absolute Gasteiger partial charge is 0.265 e. The molecule has 1 aliphatic heterocycles. The molecule has 0 fully saturated rings. The Morgan fingerprint density at radius 1 is 1.26 bits per heavy atom. The molecule has 0 aliphatic carbocycles. The second-order valence-electron chi connectivity index (χ2n) is 5.83. The number of rotatable bonds is 3. The number of amides is 2. The van der Waals surface area contributed by atoms with Gasteiger partial charge in [0.15, 0.2) is 11.7 Å². The largest absolute Gasteiger partial charge is 0.482 e. The van der Waals surface area contributed by atoms with Gasteiger partial charge in [0.1, 0.15) is 12.3 Å². The number of thiocarbonyl (C=S) groups is 1. The number of carbonyl (C=O) groups excluding carboxylic acids is 2. The van der Waals surface area contributed by atoms with Crippen molar-refractivity contribution >= 4 is 52.1 Å². The van der Waals surface area contributed by atoms with Crippen molar-refractivity contribution < 1.29 is 14.3 Å². The number of fused-ring (bicyclic) bond motifs is 1. The van der Waals surface area contributed by atoms with Crippen molar-refractivity contribution in [3.8, 4) is 5.75 Å². The second-order valence-corrected chi connectivity index (χ2v) is 6.64. The fraction of sp³-hybridized carbons (Fsp3) is 0.167. The molecule has 0 radical (unpaired) electrons. The predicted octanol–water partition coefficient (Wildman–Crippen LogP) is 2.39. The van der Waals surface area contributed by atoms with E-state index < -0.39 is 5.91 Å². The van der Waals surface area contributed by atoms with Crippen LogP contribution in [0.1, 0.15) is 5.56 Å². The van der Waals surface area contributed by atoms with Crippen molar-refractivity contribution in [3.05, 3.63) is 53.1 Å². The molecule has 27 heavy (non-hydrogen) atoms. The zero-order valence-electron chi connectivity index (χ0n) is 14.4. The van der Waals surface area contributed by atoms with E-state index in [0.29, 0.717) is 22.1 Å². The Hall–Kier alpha value is -2.84. The highest BCUT2D eigenvalue weighted by molar-refractivity contribution is 7.80. The minimum atomic E-state index is -0.425. The lowest BCUT2D eigenvalue weighted by molar-refractivity contribution is -0.125. The van der Waals surface area contributed by atoms with E-state index in [4.69, 9.17) is 28.6 Å². The Bertz CT molecular complexity index is 906. The fourth-order valence-corrected chi connectivity index (χ4v) is 2.82. The Kier molecular flexibility index (Phi) is 5.78. The quantitative estimate of drug-likeness (QED) is 0.538. The first kappa shape index (κ1) is 18.9. The zero-order chi connectivity index (χ0) is 19.4. The zero-order valence-corrected chi connectivity index (χ0v) is 16.0. The number of ether oxygens (including phenoxy) is 1. The summed E-state index contributed by atoms with van der Waals surface area (Å²) in [7, 11) is 0. The molecule has 0 saturated heterocycles. The number of para-hydroxylation sites is 2. The monoisotopic (exact) mass is 404 g/mol. The normalized spacial score (nSPS) is 12.7. The van der Waals surface area contributed by atoms with Crippen LogP contribution in [0, 0.1) is 6.92 Å². The van der Waals surface area contributed by atoms with Crippen LogP contribution in [0.15, 0.2) is 42.5 Å². The van der Waals surface area contributed by atoms with Gasteiger partial charge in [-0.3, -0.25) is 25.3 Å². The van der Waals surface area contributed by atoms with Gasteiger partial charge in [-0.05, 0) is 49.0 Å². The number of halogens is 1. The number of nitrogens with zero attached hydrogens (tertiary/aromatic N) is 1. The van der Waals surface area contributed by atoms with Gasteiger partial charge in [0, 0.05) is 10.7 Å². The van der Waals surface area contributed by atoms with Crippen molar-refractivity contribution in [2.24, 2.45) is 0 Å². The van der Waals surface area contributed by atoms with Gasteiger partial charge in [-0.1, -0.05) is 29.8 Å². The third-order valence-electron chi connectivity index (χ3n) is 3.86. The van der Waals surface area contributed by atoms with E-state index in [2.05, 4.69) is 16.2 Å². The minimum Gasteiger partial charge on any atom is -0.482 e. The summed E-state index contributed by atoms with van der Waals surface area (Å²) in [6, 6.07) is 12.5. The number of aryl methyl sites for hydroxylation is 1. The van der Waals surface area contributed by atoms with Crippen LogP contribution in [0.3, 0.4) is 0 Å². The van der Waals surface area contributed by atoms with E-state index in [1.807, 2.05) is 19.1 Å². The number of hydrogen-bond acceptors (Lipinski definition) is 4. The first-order valence-corrected chi connectivity index (χ1v) is 8.87. The SMILES string of the molecule is Cc1ccc(NC(=S)NNC(=O)CN2C(=O)COc3ccccc32)cc1Cl. The van der Waals surface area contributed by atoms with Crippen molar-refractivity contribution in [1.82, 2.24) is 10.9 Å². The third kappa shape index (κ3) is 4.66. The molecule has 0 spiro atoms. The molecule has 9 heteroatoms. The van der Waals surface area contributed by atoms with Crippen LogP contribution in [0.4, 0.5) is 11.4 Å². The molecule has 1 aliphatic rings. The van der Waals surface area contributed by atoms with Gasteiger partial charge in [-0.2, -0.15) is 0 Å². The first-order valence-electron chi connectivity index (χ1n) is 8.08. The van der Waals surface area contributed by atoms with Crippen LogP contribution >= 0.6 is 23.8 Å². The maximum atomic E-state index is 12.2. The molecule has 2 amide bonds. The molecule has 3 N–H and O–H groups in total. The molecule has 0 aromatic heterocycles. The van der Waals surface area contributed by atoms with Gasteiger partial charge >= 0.3 is 0 Å². The summed E-state index contributed by atoms with van der Waals surface area (Å²) in [4.78, 5) is 25.7. The molecule has 3 rings (SSSR count). The van der Waals surface area contributed by atoms with Crippen LogP contribution in [-0.2, 0) is 9.59 Å². The van der Waals surface area contributed by atoms with E-state index in [9.17, 15) is 9.59 Å². The van der Waals surface area contributed by atoms with Gasteiger partial charge in [0.2, 0.25) is 0 Å². The van der Waals surface area contributed by atoms with E-state index >= 15 is 0 Å². The average molecular weight is 405 g/mol. The van der Waals surface area contributed by atoms with Crippen LogP contribution in [0.5, 0.6) is 5.75 Å². The van der Waals surface area contributed by atoms with E-state index in [1.54, 1.807) is 30.3 Å². The molecular weight excluding hydrogens is 388 g/mol. The molecule has 7 nitrogen and oxygen atoms in total. The number of carbonyl (C=O) groups is 2. The van der Waals surface area contributed by atoms with Crippen molar-refractivity contribution in [2.75, 3.05) is 23.4 Å². The predicted molar refractivity (Wildman–Crippen MR) is 108 cm³/mol.